The first-order valence-corrected chi connectivity index (χ1v) is 4.23. The second-order valence-corrected chi connectivity index (χ2v) is 2.80. The van der Waals surface area contributed by atoms with Crippen LogP contribution >= 0.6 is 0 Å². The largest absolute Gasteiger partial charge is 0.519 e. The molecule has 0 aromatic heterocycles. The standard InChI is InChI=1S/C10H10F3O.Zn/c11-10(12,13)7-4-8-14-9-5-2-1-3-6-9;/h2-3,5-6H,4,7-8H2;/q-1;. The summed E-state index contributed by atoms with van der Waals surface area (Å²) < 4.78 is 40.2. The molecule has 0 bridgehead atoms. The first kappa shape index (κ1) is 14.4. The van der Waals surface area contributed by atoms with Crippen LogP contribution in [0.3, 0.4) is 0 Å². The monoisotopic (exact) mass is 267 g/mol. The van der Waals surface area contributed by atoms with Crippen LogP contribution in [-0.4, -0.2) is 12.8 Å². The first-order chi connectivity index (χ1) is 6.58. The quantitative estimate of drug-likeness (QED) is 0.463. The third-order valence-corrected chi connectivity index (χ3v) is 1.56. The predicted octanol–water partition coefficient (Wildman–Crippen LogP) is 3.21. The van der Waals surface area contributed by atoms with Crippen molar-refractivity contribution in [3.8, 4) is 5.75 Å². The van der Waals surface area contributed by atoms with Crippen LogP contribution in [0.1, 0.15) is 12.8 Å². The zero-order valence-corrected chi connectivity index (χ0v) is 11.1. The van der Waals surface area contributed by atoms with Crippen LogP contribution in [0.2, 0.25) is 0 Å². The molecule has 0 saturated heterocycles. The van der Waals surface area contributed by atoms with Gasteiger partial charge in [-0.2, -0.15) is 31.4 Å². The molecule has 0 aliphatic heterocycles. The summed E-state index contributed by atoms with van der Waals surface area (Å²) in [6.45, 7) is 0.0868. The van der Waals surface area contributed by atoms with Crippen molar-refractivity contribution in [1.82, 2.24) is 0 Å². The van der Waals surface area contributed by atoms with E-state index in [-0.39, 0.29) is 32.5 Å². The van der Waals surface area contributed by atoms with Crippen LogP contribution in [0.4, 0.5) is 13.2 Å². The molecule has 0 saturated carbocycles. The molecule has 0 N–H and O–H groups in total. The molecule has 0 atom stereocenters. The minimum atomic E-state index is -4.09. The fraction of sp³-hybridized carbons (Fsp3) is 0.400. The van der Waals surface area contributed by atoms with Gasteiger partial charge in [-0.05, 0) is 6.42 Å². The van der Waals surface area contributed by atoms with Gasteiger partial charge in [-0.3, -0.25) is 0 Å². The van der Waals surface area contributed by atoms with Crippen molar-refractivity contribution in [3.05, 3.63) is 30.3 Å². The molecule has 0 unspecified atom stereocenters. The summed E-state index contributed by atoms with van der Waals surface area (Å²) >= 11 is 0. The molecule has 1 nitrogen and oxygen atoms in total. The van der Waals surface area contributed by atoms with Crippen LogP contribution in [0.25, 0.3) is 0 Å². The molecule has 15 heavy (non-hydrogen) atoms. The third-order valence-electron chi connectivity index (χ3n) is 1.56. The molecule has 0 radical (unpaired) electrons. The topological polar surface area (TPSA) is 9.23 Å². The van der Waals surface area contributed by atoms with Gasteiger partial charge in [0.1, 0.15) is 0 Å². The maximum absolute atomic E-state index is 11.7. The Morgan fingerprint density at radius 1 is 1.20 bits per heavy atom. The molecule has 0 fully saturated rings. The van der Waals surface area contributed by atoms with Gasteiger partial charge in [0.05, 0.1) is 6.61 Å². The maximum atomic E-state index is 11.7. The van der Waals surface area contributed by atoms with Crippen molar-refractivity contribution in [1.29, 1.82) is 0 Å². The fourth-order valence-electron chi connectivity index (χ4n) is 0.930. The maximum Gasteiger partial charge on any atom is 0.389 e. The Balaban J connectivity index is 0.00000196. The Kier molecular flexibility index (Phi) is 6.57. The number of rotatable bonds is 4. The number of benzene rings is 1. The summed E-state index contributed by atoms with van der Waals surface area (Å²) in [6.07, 6.45) is -4.90. The van der Waals surface area contributed by atoms with E-state index in [9.17, 15) is 13.2 Å². The van der Waals surface area contributed by atoms with Crippen LogP contribution in [0.15, 0.2) is 24.3 Å². The van der Waals surface area contributed by atoms with Crippen LogP contribution in [0, 0.1) is 6.07 Å². The second-order valence-electron chi connectivity index (χ2n) is 2.80. The Bertz CT molecular complexity index is 261. The van der Waals surface area contributed by atoms with E-state index in [2.05, 4.69) is 6.07 Å². The first-order valence-electron chi connectivity index (χ1n) is 4.23. The van der Waals surface area contributed by atoms with Crippen LogP contribution in [0.5, 0.6) is 5.75 Å². The number of hydrogen-bond donors (Lipinski definition) is 0. The molecule has 0 amide bonds. The molecule has 0 heterocycles. The molecule has 1 aromatic carbocycles. The molecule has 0 aliphatic rings. The number of hydrogen-bond acceptors (Lipinski definition) is 1. The van der Waals surface area contributed by atoms with Gasteiger partial charge < -0.3 is 4.74 Å². The van der Waals surface area contributed by atoms with Crippen molar-refractivity contribution in [2.45, 2.75) is 19.0 Å². The van der Waals surface area contributed by atoms with Crippen molar-refractivity contribution >= 4 is 0 Å². The van der Waals surface area contributed by atoms with Gasteiger partial charge in [0.15, 0.2) is 0 Å². The van der Waals surface area contributed by atoms with E-state index in [1.165, 1.54) is 0 Å². The van der Waals surface area contributed by atoms with Crippen LogP contribution < -0.4 is 4.74 Å². The molecule has 1 rings (SSSR count). The predicted molar refractivity (Wildman–Crippen MR) is 46.1 cm³/mol. The summed E-state index contributed by atoms with van der Waals surface area (Å²) in [7, 11) is 0. The van der Waals surface area contributed by atoms with Gasteiger partial charge in [-0.1, -0.05) is 0 Å². The van der Waals surface area contributed by atoms with Crippen molar-refractivity contribution in [2.24, 2.45) is 0 Å². The second kappa shape index (κ2) is 6.83. The van der Waals surface area contributed by atoms with Crippen molar-refractivity contribution in [2.75, 3.05) is 6.61 Å². The molecular weight excluding hydrogens is 258 g/mol. The summed E-state index contributed by atoms with van der Waals surface area (Å²) in [5.41, 5.74) is 0. The smallest absolute Gasteiger partial charge is 0.389 e. The minimum Gasteiger partial charge on any atom is -0.519 e. The van der Waals surface area contributed by atoms with Crippen molar-refractivity contribution < 1.29 is 37.4 Å². The number of halogens is 3. The average Bonchev–Trinajstić information content (AvgIpc) is 2.13. The summed E-state index contributed by atoms with van der Waals surface area (Å²) in [5, 5.41) is 0. The van der Waals surface area contributed by atoms with Gasteiger partial charge in [-0.15, -0.1) is 12.1 Å². The van der Waals surface area contributed by atoms with E-state index in [4.69, 9.17) is 4.74 Å². The van der Waals surface area contributed by atoms with E-state index < -0.39 is 12.6 Å². The summed E-state index contributed by atoms with van der Waals surface area (Å²) in [6, 6.07) is 9.41. The SMILES string of the molecule is FC(F)(F)CCCOc1cc[c-]cc1.[Zn]. The van der Waals surface area contributed by atoms with Crippen LogP contribution in [-0.2, 0) is 19.5 Å². The number of alkyl halides is 3. The van der Waals surface area contributed by atoms with Gasteiger partial charge in [0, 0.05) is 31.6 Å². The Morgan fingerprint density at radius 2 is 1.80 bits per heavy atom. The van der Waals surface area contributed by atoms with E-state index in [1.807, 2.05) is 0 Å². The van der Waals surface area contributed by atoms with Gasteiger partial charge in [0.2, 0.25) is 0 Å². The molecule has 80 valence electrons. The van der Waals surface area contributed by atoms with Gasteiger partial charge in [0.25, 0.3) is 0 Å². The zero-order chi connectivity index (χ0) is 10.4. The molecule has 0 spiro atoms. The van der Waals surface area contributed by atoms with Gasteiger partial charge >= 0.3 is 6.18 Å². The average molecular weight is 269 g/mol. The van der Waals surface area contributed by atoms with E-state index in [1.54, 1.807) is 24.3 Å². The Hall–Kier alpha value is -0.567. The van der Waals surface area contributed by atoms with Crippen molar-refractivity contribution in [3.63, 3.8) is 0 Å². The normalized spacial score (nSPS) is 10.6. The summed E-state index contributed by atoms with van der Waals surface area (Å²) in [5.74, 6) is 0.575. The molecule has 1 aromatic rings. The zero-order valence-electron chi connectivity index (χ0n) is 8.18. The van der Waals surface area contributed by atoms with E-state index in [0.29, 0.717) is 5.75 Å². The van der Waals surface area contributed by atoms with E-state index in [0.717, 1.165) is 0 Å². The fourth-order valence-corrected chi connectivity index (χ4v) is 0.930. The summed E-state index contributed by atoms with van der Waals surface area (Å²) in [4.78, 5) is 0. The molecular formula is C10H10F3OZn-. The van der Waals surface area contributed by atoms with E-state index >= 15 is 0 Å². The Morgan fingerprint density at radius 3 is 2.33 bits per heavy atom. The van der Waals surface area contributed by atoms with Gasteiger partial charge in [-0.25, -0.2) is 0 Å². The third kappa shape index (κ3) is 7.37. The molecule has 5 heteroatoms. The number of ether oxygens (including phenoxy) is 1. The Labute approximate surface area is 99.4 Å². The minimum absolute atomic E-state index is 0. The molecule has 0 aliphatic carbocycles.